The van der Waals surface area contributed by atoms with Crippen molar-refractivity contribution >= 4 is 11.6 Å². The number of carboxylic acid groups (broad SMARTS) is 1. The summed E-state index contributed by atoms with van der Waals surface area (Å²) < 4.78 is 12.9. The van der Waals surface area contributed by atoms with E-state index in [4.69, 9.17) is 9.47 Å². The normalized spacial score (nSPS) is 12.1. The number of imidazole rings is 1. The van der Waals surface area contributed by atoms with Gasteiger partial charge < -0.3 is 19.0 Å². The molecule has 0 aliphatic heterocycles. The molecule has 6 nitrogen and oxygen atoms in total. The van der Waals surface area contributed by atoms with Crippen molar-refractivity contribution in [2.24, 2.45) is 0 Å². The molecule has 3 rings (SSSR count). The van der Waals surface area contributed by atoms with Crippen LogP contribution in [-0.4, -0.2) is 34.7 Å². The molecule has 0 spiro atoms. The summed E-state index contributed by atoms with van der Waals surface area (Å²) in [5.41, 5.74) is 3.34. The van der Waals surface area contributed by atoms with Crippen molar-refractivity contribution in [3.63, 3.8) is 0 Å². The Hall–Kier alpha value is -3.02. The first-order valence-corrected chi connectivity index (χ1v) is 7.92. The van der Waals surface area contributed by atoms with Crippen LogP contribution >= 0.6 is 0 Å². The van der Waals surface area contributed by atoms with E-state index in [-0.39, 0.29) is 6.42 Å². The van der Waals surface area contributed by atoms with Crippen molar-refractivity contribution in [2.45, 2.75) is 19.3 Å². The summed E-state index contributed by atoms with van der Waals surface area (Å²) in [6.07, 6.45) is 1.65. The number of nitrogens with zero attached hydrogens (tertiary/aromatic N) is 2. The number of carbonyl (C=O) groups is 1. The number of pyridine rings is 1. The van der Waals surface area contributed by atoms with Gasteiger partial charge in [-0.2, -0.15) is 0 Å². The highest BCUT2D eigenvalue weighted by molar-refractivity contribution is 5.70. The molecule has 25 heavy (non-hydrogen) atoms. The maximum Gasteiger partial charge on any atom is 0.304 e. The van der Waals surface area contributed by atoms with Gasteiger partial charge in [-0.05, 0) is 25.1 Å². The molecule has 0 aliphatic carbocycles. The van der Waals surface area contributed by atoms with Crippen LogP contribution in [0.5, 0.6) is 11.5 Å². The molecule has 130 valence electrons. The lowest BCUT2D eigenvalue weighted by Crippen LogP contribution is -2.12. The van der Waals surface area contributed by atoms with Gasteiger partial charge in [0, 0.05) is 23.4 Å². The third-order valence-electron chi connectivity index (χ3n) is 4.30. The van der Waals surface area contributed by atoms with Crippen LogP contribution in [0.4, 0.5) is 0 Å². The van der Waals surface area contributed by atoms with Gasteiger partial charge >= 0.3 is 5.97 Å². The van der Waals surface area contributed by atoms with Crippen molar-refractivity contribution in [2.75, 3.05) is 14.2 Å². The van der Waals surface area contributed by atoms with E-state index in [1.807, 2.05) is 41.7 Å². The lowest BCUT2D eigenvalue weighted by Gasteiger charge is -2.20. The van der Waals surface area contributed by atoms with Crippen LogP contribution in [0.2, 0.25) is 0 Å². The van der Waals surface area contributed by atoms with Gasteiger partial charge in [0.2, 0.25) is 0 Å². The second-order valence-electron chi connectivity index (χ2n) is 5.78. The zero-order chi connectivity index (χ0) is 18.0. The molecule has 0 fully saturated rings. The van der Waals surface area contributed by atoms with Crippen molar-refractivity contribution in [3.05, 3.63) is 59.5 Å². The van der Waals surface area contributed by atoms with E-state index < -0.39 is 11.9 Å². The summed E-state index contributed by atoms with van der Waals surface area (Å²) in [6.45, 7) is 1.97. The van der Waals surface area contributed by atoms with Crippen LogP contribution in [0, 0.1) is 6.92 Å². The molecule has 6 heteroatoms. The van der Waals surface area contributed by atoms with Gasteiger partial charge in [-0.25, -0.2) is 4.98 Å². The smallest absolute Gasteiger partial charge is 0.304 e. The van der Waals surface area contributed by atoms with Crippen LogP contribution in [0.1, 0.15) is 29.3 Å². The predicted octanol–water partition coefficient (Wildman–Crippen LogP) is 3.27. The molecule has 0 amide bonds. The molecule has 1 N–H and O–H groups in total. The van der Waals surface area contributed by atoms with Crippen molar-refractivity contribution in [1.82, 2.24) is 9.38 Å². The highest BCUT2D eigenvalue weighted by Gasteiger charge is 2.26. The number of benzene rings is 1. The molecular weight excluding hydrogens is 320 g/mol. The van der Waals surface area contributed by atoms with Crippen LogP contribution < -0.4 is 9.47 Å². The molecule has 0 aliphatic rings. The largest absolute Gasteiger partial charge is 0.493 e. The number of hydrogen-bond acceptors (Lipinski definition) is 4. The molecular formula is C19H20N2O4. The van der Waals surface area contributed by atoms with E-state index in [0.29, 0.717) is 11.5 Å². The van der Waals surface area contributed by atoms with E-state index in [0.717, 1.165) is 22.6 Å². The molecule has 0 radical (unpaired) electrons. The molecule has 1 atom stereocenters. The van der Waals surface area contributed by atoms with Crippen molar-refractivity contribution < 1.29 is 19.4 Å². The number of aryl methyl sites for hydroxylation is 1. The second kappa shape index (κ2) is 6.84. The Bertz CT molecular complexity index is 917. The number of rotatable bonds is 6. The van der Waals surface area contributed by atoms with E-state index in [9.17, 15) is 9.90 Å². The van der Waals surface area contributed by atoms with Gasteiger partial charge in [0.25, 0.3) is 0 Å². The quantitative estimate of drug-likeness (QED) is 0.745. The SMILES string of the molecule is COc1cccc(C(CC(=O)O)c2cnc3cccc(C)n23)c1OC. The third kappa shape index (κ3) is 3.03. The minimum atomic E-state index is -0.890. The summed E-state index contributed by atoms with van der Waals surface area (Å²) in [5, 5.41) is 9.47. The van der Waals surface area contributed by atoms with Crippen LogP contribution in [-0.2, 0) is 4.79 Å². The number of methoxy groups -OCH3 is 2. The topological polar surface area (TPSA) is 73.1 Å². The summed E-state index contributed by atoms with van der Waals surface area (Å²) in [6, 6.07) is 11.3. The highest BCUT2D eigenvalue weighted by Crippen LogP contribution is 2.40. The fourth-order valence-corrected chi connectivity index (χ4v) is 3.21. The highest BCUT2D eigenvalue weighted by atomic mass is 16.5. The van der Waals surface area contributed by atoms with Crippen LogP contribution in [0.3, 0.4) is 0 Å². The molecule has 0 saturated heterocycles. The molecule has 0 saturated carbocycles. The number of fused-ring (bicyclic) bond motifs is 1. The first-order valence-electron chi connectivity index (χ1n) is 7.92. The first kappa shape index (κ1) is 16.8. The van der Waals surface area contributed by atoms with Gasteiger partial charge in [-0.15, -0.1) is 0 Å². The minimum absolute atomic E-state index is 0.0777. The fourth-order valence-electron chi connectivity index (χ4n) is 3.21. The molecule has 2 aromatic heterocycles. The van der Waals surface area contributed by atoms with Gasteiger partial charge in [-0.3, -0.25) is 4.79 Å². The lowest BCUT2D eigenvalue weighted by atomic mass is 9.91. The molecule has 0 bridgehead atoms. The summed E-state index contributed by atoms with van der Waals surface area (Å²) in [4.78, 5) is 16.0. The fraction of sp³-hybridized carbons (Fsp3) is 0.263. The molecule has 1 unspecified atom stereocenters. The number of para-hydroxylation sites is 1. The summed E-state index contributed by atoms with van der Waals surface area (Å²) in [7, 11) is 3.12. The molecule has 2 heterocycles. The Kier molecular flexibility index (Phi) is 4.61. The Labute approximate surface area is 145 Å². The Balaban J connectivity index is 2.24. The number of carboxylic acids is 1. The standard InChI is InChI=1S/C19H20N2O4/c1-12-6-4-9-17-20-11-15(21(12)17)14(10-18(22)23)13-7-5-8-16(24-2)19(13)25-3/h4-9,11,14H,10H2,1-3H3,(H,22,23). The lowest BCUT2D eigenvalue weighted by molar-refractivity contribution is -0.137. The minimum Gasteiger partial charge on any atom is -0.493 e. The Morgan fingerprint density at radius 1 is 1.20 bits per heavy atom. The van der Waals surface area contributed by atoms with Crippen molar-refractivity contribution in [3.8, 4) is 11.5 Å². The van der Waals surface area contributed by atoms with Gasteiger partial charge in [0.05, 0.1) is 26.3 Å². The average Bonchev–Trinajstić information content (AvgIpc) is 3.04. The molecule has 1 aromatic carbocycles. The zero-order valence-corrected chi connectivity index (χ0v) is 14.4. The number of aromatic nitrogens is 2. The first-order chi connectivity index (χ1) is 12.1. The van der Waals surface area contributed by atoms with Crippen LogP contribution in [0.25, 0.3) is 5.65 Å². The Morgan fingerprint density at radius 3 is 2.64 bits per heavy atom. The second-order valence-corrected chi connectivity index (χ2v) is 5.78. The summed E-state index contributed by atoms with van der Waals surface area (Å²) in [5.74, 6) is -0.197. The van der Waals surface area contributed by atoms with Crippen LogP contribution in [0.15, 0.2) is 42.6 Å². The average molecular weight is 340 g/mol. The maximum atomic E-state index is 11.6. The summed E-state index contributed by atoms with van der Waals surface area (Å²) >= 11 is 0. The molecule has 3 aromatic rings. The van der Waals surface area contributed by atoms with E-state index in [1.54, 1.807) is 26.5 Å². The maximum absolute atomic E-state index is 11.6. The monoisotopic (exact) mass is 340 g/mol. The van der Waals surface area contributed by atoms with Gasteiger partial charge in [0.15, 0.2) is 11.5 Å². The number of hydrogen-bond donors (Lipinski definition) is 1. The third-order valence-corrected chi connectivity index (χ3v) is 4.30. The van der Waals surface area contributed by atoms with E-state index in [2.05, 4.69) is 4.98 Å². The predicted molar refractivity (Wildman–Crippen MR) is 93.6 cm³/mol. The van der Waals surface area contributed by atoms with Crippen molar-refractivity contribution in [1.29, 1.82) is 0 Å². The van der Waals surface area contributed by atoms with E-state index in [1.165, 1.54) is 0 Å². The zero-order valence-electron chi connectivity index (χ0n) is 14.4. The number of ether oxygens (including phenoxy) is 2. The van der Waals surface area contributed by atoms with Gasteiger partial charge in [0.1, 0.15) is 5.65 Å². The Morgan fingerprint density at radius 2 is 1.96 bits per heavy atom. The van der Waals surface area contributed by atoms with Gasteiger partial charge in [-0.1, -0.05) is 18.2 Å². The van der Waals surface area contributed by atoms with E-state index >= 15 is 0 Å². The number of aliphatic carboxylic acids is 1.